The van der Waals surface area contributed by atoms with E-state index in [1.807, 2.05) is 0 Å². The molecule has 3 rings (SSSR count). The lowest BCUT2D eigenvalue weighted by Crippen LogP contribution is -2.12. The van der Waals surface area contributed by atoms with Crippen LogP contribution in [0.3, 0.4) is 0 Å². The van der Waals surface area contributed by atoms with Crippen molar-refractivity contribution in [2.75, 3.05) is 12.4 Å². The lowest BCUT2D eigenvalue weighted by atomic mass is 9.95. The summed E-state index contributed by atoms with van der Waals surface area (Å²) >= 11 is 7.02. The third-order valence-electron chi connectivity index (χ3n) is 4.58. The van der Waals surface area contributed by atoms with E-state index in [1.54, 1.807) is 24.3 Å². The molecule has 3 aromatic carbocycles. The van der Waals surface area contributed by atoms with Crippen LogP contribution in [0.2, 0.25) is 0 Å². The zero-order valence-corrected chi connectivity index (χ0v) is 17.9. The third kappa shape index (κ3) is 5.15. The number of alkyl halides is 4. The van der Waals surface area contributed by atoms with Crippen LogP contribution in [-0.2, 0) is 12.1 Å². The number of benzene rings is 3. The highest BCUT2D eigenvalue weighted by Gasteiger charge is 2.33. The highest BCUT2D eigenvalue weighted by atomic mass is 35.5. The maximum absolute atomic E-state index is 13.4. The lowest BCUT2D eigenvalue weighted by molar-refractivity contribution is -0.137. The second-order valence-corrected chi connectivity index (χ2v) is 7.43. The molecule has 1 amide bonds. The Bertz CT molecular complexity index is 1110. The molecule has 3 N–H and O–H groups in total. The molecule has 0 heterocycles. The number of methoxy groups -OCH3 is 1. The molecule has 9 heteroatoms. The Morgan fingerprint density at radius 1 is 1.10 bits per heavy atom. The fraction of sp³-hybridized carbons (Fsp3) is 0.136. The zero-order chi connectivity index (χ0) is 22.6. The van der Waals surface area contributed by atoms with Gasteiger partial charge in [0.05, 0.1) is 17.6 Å². The summed E-state index contributed by atoms with van der Waals surface area (Å²) in [4.78, 5) is 13.3. The van der Waals surface area contributed by atoms with Crippen molar-refractivity contribution in [2.45, 2.75) is 17.0 Å². The second kappa shape index (κ2) is 9.64. The van der Waals surface area contributed by atoms with E-state index in [0.717, 1.165) is 18.0 Å². The van der Waals surface area contributed by atoms with Crippen LogP contribution in [0.25, 0.3) is 11.1 Å². The summed E-state index contributed by atoms with van der Waals surface area (Å²) in [6.45, 7) is 0. The molecule has 0 radical (unpaired) electrons. The summed E-state index contributed by atoms with van der Waals surface area (Å²) in [5.41, 5.74) is 0.848. The van der Waals surface area contributed by atoms with Crippen molar-refractivity contribution in [3.05, 3.63) is 77.4 Å². The first-order chi connectivity index (χ1) is 14.8. The fourth-order valence-corrected chi connectivity index (χ4v) is 3.75. The summed E-state index contributed by atoms with van der Waals surface area (Å²) in [7, 11) is 1.47. The summed E-state index contributed by atoms with van der Waals surface area (Å²) in [5.74, 6) is 0.0260. The Balaban J connectivity index is 1.92. The van der Waals surface area contributed by atoms with Crippen LogP contribution in [0.5, 0.6) is 5.75 Å². The number of anilines is 1. The molecule has 0 saturated carbocycles. The average Bonchev–Trinajstić information content (AvgIpc) is 2.77. The molecule has 0 unspecified atom stereocenters. The lowest BCUT2D eigenvalue weighted by Gasteiger charge is -2.16. The molecule has 31 heavy (non-hydrogen) atoms. The van der Waals surface area contributed by atoms with Crippen LogP contribution >= 0.6 is 23.5 Å². The van der Waals surface area contributed by atoms with E-state index in [1.165, 1.54) is 37.4 Å². The predicted octanol–water partition coefficient (Wildman–Crippen LogP) is 6.34. The van der Waals surface area contributed by atoms with Crippen molar-refractivity contribution >= 4 is 35.1 Å². The van der Waals surface area contributed by atoms with Crippen LogP contribution in [0.15, 0.2) is 65.6 Å². The molecule has 0 atom stereocenters. The number of halogens is 4. The molecule has 0 aliphatic heterocycles. The number of carbonyl (C=O) groups excluding carboxylic acids is 1. The van der Waals surface area contributed by atoms with Crippen molar-refractivity contribution in [1.29, 1.82) is 0 Å². The molecule has 0 aromatic heterocycles. The first kappa shape index (κ1) is 23.0. The number of rotatable bonds is 6. The Morgan fingerprint density at radius 3 is 2.48 bits per heavy atom. The molecular weight excluding hydrogens is 449 g/mol. The highest BCUT2D eigenvalue weighted by molar-refractivity contribution is 7.97. The van der Waals surface area contributed by atoms with Gasteiger partial charge in [0, 0.05) is 17.1 Å². The van der Waals surface area contributed by atoms with Gasteiger partial charge in [-0.25, -0.2) is 0 Å². The Labute approximate surface area is 186 Å². The maximum atomic E-state index is 13.4. The van der Waals surface area contributed by atoms with Gasteiger partial charge in [-0.1, -0.05) is 24.3 Å². The van der Waals surface area contributed by atoms with Gasteiger partial charge in [0.2, 0.25) is 0 Å². The van der Waals surface area contributed by atoms with Crippen LogP contribution < -0.4 is 15.2 Å². The zero-order valence-electron chi connectivity index (χ0n) is 16.3. The van der Waals surface area contributed by atoms with Gasteiger partial charge < -0.3 is 10.1 Å². The first-order valence-electron chi connectivity index (χ1n) is 9.00. The monoisotopic (exact) mass is 466 g/mol. The molecule has 0 saturated heterocycles. The Kier molecular flexibility index (Phi) is 7.15. The van der Waals surface area contributed by atoms with Gasteiger partial charge >= 0.3 is 6.18 Å². The van der Waals surface area contributed by atoms with E-state index in [4.69, 9.17) is 21.5 Å². The van der Waals surface area contributed by atoms with Gasteiger partial charge in [-0.3, -0.25) is 9.93 Å². The summed E-state index contributed by atoms with van der Waals surface area (Å²) < 4.78 is 45.5. The molecule has 0 fully saturated rings. The SMILES string of the molecule is COc1cc(C(=O)Nc2ccc(-c3ccccc3C(F)(F)F)c(CCl)c2)ccc1SN. The molecular formula is C22H18ClF3N2O2S. The first-order valence-corrected chi connectivity index (χ1v) is 10.4. The number of carbonyl (C=O) groups is 1. The Hall–Kier alpha value is -2.68. The summed E-state index contributed by atoms with van der Waals surface area (Å²) in [6, 6.07) is 14.7. The van der Waals surface area contributed by atoms with E-state index < -0.39 is 17.6 Å². The van der Waals surface area contributed by atoms with Gasteiger partial charge in [0.15, 0.2) is 0 Å². The van der Waals surface area contributed by atoms with E-state index in [0.29, 0.717) is 33.0 Å². The predicted molar refractivity (Wildman–Crippen MR) is 117 cm³/mol. The number of hydrogen-bond acceptors (Lipinski definition) is 4. The minimum absolute atomic E-state index is 0.0263. The number of ether oxygens (including phenoxy) is 1. The number of amides is 1. The van der Waals surface area contributed by atoms with Crippen LogP contribution in [0, 0.1) is 0 Å². The molecule has 4 nitrogen and oxygen atoms in total. The van der Waals surface area contributed by atoms with Crippen LogP contribution in [0.4, 0.5) is 18.9 Å². The van der Waals surface area contributed by atoms with E-state index in [9.17, 15) is 18.0 Å². The van der Waals surface area contributed by atoms with E-state index in [2.05, 4.69) is 5.32 Å². The molecule has 0 bridgehead atoms. The fourth-order valence-electron chi connectivity index (χ4n) is 3.12. The minimum Gasteiger partial charge on any atom is -0.496 e. The van der Waals surface area contributed by atoms with Gasteiger partial charge in [0.25, 0.3) is 5.91 Å². The van der Waals surface area contributed by atoms with Gasteiger partial charge in [-0.2, -0.15) is 13.2 Å². The molecule has 0 aliphatic rings. The highest BCUT2D eigenvalue weighted by Crippen LogP contribution is 2.39. The van der Waals surface area contributed by atoms with Crippen molar-refractivity contribution < 1.29 is 22.7 Å². The van der Waals surface area contributed by atoms with Gasteiger partial charge in [0.1, 0.15) is 5.75 Å². The van der Waals surface area contributed by atoms with Crippen molar-refractivity contribution in [3.8, 4) is 16.9 Å². The summed E-state index contributed by atoms with van der Waals surface area (Å²) in [5, 5.41) is 8.29. The molecule has 162 valence electrons. The van der Waals surface area contributed by atoms with Gasteiger partial charge in [-0.05, 0) is 65.0 Å². The largest absolute Gasteiger partial charge is 0.496 e. The number of hydrogen-bond donors (Lipinski definition) is 2. The van der Waals surface area contributed by atoms with E-state index in [-0.39, 0.29) is 11.4 Å². The standard InChI is InChI=1S/C22H18ClF3N2O2S/c1-30-19-11-13(6-9-20(19)31-27)21(29)28-15-7-8-16(14(10-15)12-23)17-4-2-3-5-18(17)22(24,25)26/h2-11H,12,27H2,1H3,(H,28,29). The second-order valence-electron chi connectivity index (χ2n) is 6.49. The van der Waals surface area contributed by atoms with Crippen molar-refractivity contribution in [3.63, 3.8) is 0 Å². The third-order valence-corrected chi connectivity index (χ3v) is 5.46. The smallest absolute Gasteiger partial charge is 0.417 e. The minimum atomic E-state index is -4.50. The quantitative estimate of drug-likeness (QED) is 0.329. The maximum Gasteiger partial charge on any atom is 0.417 e. The Morgan fingerprint density at radius 2 is 1.84 bits per heavy atom. The van der Waals surface area contributed by atoms with Gasteiger partial charge in [-0.15, -0.1) is 11.6 Å². The normalized spacial score (nSPS) is 11.3. The van der Waals surface area contributed by atoms with Crippen molar-refractivity contribution in [1.82, 2.24) is 0 Å². The molecule has 0 spiro atoms. The summed E-state index contributed by atoms with van der Waals surface area (Å²) in [6.07, 6.45) is -4.50. The van der Waals surface area contributed by atoms with Crippen LogP contribution in [0.1, 0.15) is 21.5 Å². The van der Waals surface area contributed by atoms with E-state index >= 15 is 0 Å². The number of nitrogens with one attached hydrogen (secondary N) is 1. The number of nitrogens with two attached hydrogens (primary N) is 1. The topological polar surface area (TPSA) is 64.3 Å². The van der Waals surface area contributed by atoms with Crippen molar-refractivity contribution in [2.24, 2.45) is 5.14 Å². The average molecular weight is 467 g/mol. The molecule has 3 aromatic rings. The molecule has 0 aliphatic carbocycles. The van der Waals surface area contributed by atoms with Crippen LogP contribution in [-0.4, -0.2) is 13.0 Å².